The van der Waals surface area contributed by atoms with Gasteiger partial charge in [-0.3, -0.25) is 5.43 Å². The van der Waals surface area contributed by atoms with Crippen LogP contribution in [0.3, 0.4) is 0 Å². The lowest BCUT2D eigenvalue weighted by Crippen LogP contribution is -2.13. The number of pyridine rings is 1. The van der Waals surface area contributed by atoms with Gasteiger partial charge in [-0.15, -0.1) is 0 Å². The average molecular weight is 271 g/mol. The Morgan fingerprint density at radius 2 is 1.95 bits per heavy atom. The van der Waals surface area contributed by atoms with Crippen LogP contribution in [0.2, 0.25) is 0 Å². The summed E-state index contributed by atoms with van der Waals surface area (Å²) in [6, 6.07) is 2.29. The summed E-state index contributed by atoms with van der Waals surface area (Å²) in [5, 5.41) is 4.20. The van der Waals surface area contributed by atoms with Crippen LogP contribution in [-0.2, 0) is 6.18 Å². The van der Waals surface area contributed by atoms with Crippen molar-refractivity contribution in [3.63, 3.8) is 0 Å². The molecule has 0 radical (unpaired) electrons. The van der Waals surface area contributed by atoms with Crippen LogP contribution in [0.1, 0.15) is 38.2 Å². The minimum absolute atomic E-state index is 0.333. The van der Waals surface area contributed by atoms with Gasteiger partial charge >= 0.3 is 6.18 Å². The molecule has 1 heterocycles. The third-order valence-corrected chi connectivity index (χ3v) is 3.27. The first-order valence-electron chi connectivity index (χ1n) is 6.30. The van der Waals surface area contributed by atoms with Crippen LogP contribution in [0.15, 0.2) is 23.4 Å². The maximum Gasteiger partial charge on any atom is 0.417 e. The van der Waals surface area contributed by atoms with Gasteiger partial charge in [0.15, 0.2) is 0 Å². The number of nitrogens with zero attached hydrogens (tertiary/aromatic N) is 2. The molecular formula is C13H16F3N3. The number of nitrogens with one attached hydrogen (secondary N) is 1. The molecule has 1 fully saturated rings. The third-order valence-electron chi connectivity index (χ3n) is 3.27. The molecular weight excluding hydrogens is 255 g/mol. The van der Waals surface area contributed by atoms with Crippen molar-refractivity contribution in [2.45, 2.75) is 38.8 Å². The summed E-state index contributed by atoms with van der Waals surface area (Å²) in [5.41, 5.74) is 3.02. The van der Waals surface area contributed by atoms with Crippen molar-refractivity contribution in [1.29, 1.82) is 0 Å². The van der Waals surface area contributed by atoms with Crippen LogP contribution in [0.25, 0.3) is 0 Å². The number of rotatable bonds is 2. The number of hydrogen-bond acceptors (Lipinski definition) is 3. The number of hydrazone groups is 1. The van der Waals surface area contributed by atoms with E-state index in [1.807, 2.05) is 0 Å². The second kappa shape index (κ2) is 5.59. The van der Waals surface area contributed by atoms with Crippen molar-refractivity contribution in [1.82, 2.24) is 4.98 Å². The quantitative estimate of drug-likeness (QED) is 0.823. The van der Waals surface area contributed by atoms with E-state index in [-0.39, 0.29) is 0 Å². The van der Waals surface area contributed by atoms with Gasteiger partial charge in [0.05, 0.1) is 5.56 Å². The van der Waals surface area contributed by atoms with Crippen LogP contribution in [-0.4, -0.2) is 10.7 Å². The maximum atomic E-state index is 12.3. The molecule has 0 spiro atoms. The zero-order valence-electron chi connectivity index (χ0n) is 10.7. The number of hydrogen-bond donors (Lipinski definition) is 1. The van der Waals surface area contributed by atoms with Crippen LogP contribution in [0.4, 0.5) is 19.0 Å². The Balaban J connectivity index is 1.95. The van der Waals surface area contributed by atoms with Crippen molar-refractivity contribution in [2.75, 3.05) is 5.43 Å². The minimum atomic E-state index is -4.35. The fraction of sp³-hybridized carbons (Fsp3) is 0.538. The number of aromatic nitrogens is 1. The van der Waals surface area contributed by atoms with E-state index >= 15 is 0 Å². The molecule has 0 amide bonds. The van der Waals surface area contributed by atoms with E-state index in [9.17, 15) is 13.2 Å². The molecule has 1 aromatic rings. The summed E-state index contributed by atoms with van der Waals surface area (Å²) < 4.78 is 37.0. The predicted molar refractivity (Wildman–Crippen MR) is 67.9 cm³/mol. The molecule has 1 aliphatic carbocycles. The van der Waals surface area contributed by atoms with E-state index in [2.05, 4.69) is 22.4 Å². The molecule has 0 bridgehead atoms. The van der Waals surface area contributed by atoms with E-state index in [4.69, 9.17) is 0 Å². The molecule has 19 heavy (non-hydrogen) atoms. The second-order valence-electron chi connectivity index (χ2n) is 4.90. The summed E-state index contributed by atoms with van der Waals surface area (Å²) in [6.07, 6.45) is 0.563. The molecule has 1 aromatic heterocycles. The molecule has 1 saturated carbocycles. The normalized spacial score (nSPS) is 20.2. The number of halogens is 3. The first-order chi connectivity index (χ1) is 8.95. The van der Waals surface area contributed by atoms with Crippen LogP contribution < -0.4 is 5.43 Å². The Labute approximate surface area is 109 Å². The first kappa shape index (κ1) is 13.8. The Morgan fingerprint density at radius 1 is 1.26 bits per heavy atom. The van der Waals surface area contributed by atoms with Crippen molar-refractivity contribution in [2.24, 2.45) is 11.0 Å². The molecule has 0 unspecified atom stereocenters. The van der Waals surface area contributed by atoms with E-state index in [0.717, 1.165) is 49.6 Å². The highest BCUT2D eigenvalue weighted by Gasteiger charge is 2.30. The molecule has 2 rings (SSSR count). The highest BCUT2D eigenvalue weighted by atomic mass is 19.4. The summed E-state index contributed by atoms with van der Waals surface area (Å²) >= 11 is 0. The van der Waals surface area contributed by atoms with E-state index in [0.29, 0.717) is 5.82 Å². The van der Waals surface area contributed by atoms with Crippen molar-refractivity contribution >= 4 is 11.5 Å². The molecule has 0 atom stereocenters. The lowest BCUT2D eigenvalue weighted by molar-refractivity contribution is -0.137. The van der Waals surface area contributed by atoms with Crippen molar-refractivity contribution in [3.05, 3.63) is 23.9 Å². The molecule has 0 aliphatic heterocycles. The number of alkyl halides is 3. The molecule has 1 aliphatic rings. The predicted octanol–water partition coefficient (Wildman–Crippen LogP) is 4.08. The number of anilines is 1. The first-order valence-corrected chi connectivity index (χ1v) is 6.30. The minimum Gasteiger partial charge on any atom is -0.261 e. The van der Waals surface area contributed by atoms with Crippen LogP contribution in [0, 0.1) is 5.92 Å². The summed E-state index contributed by atoms with van der Waals surface area (Å²) in [5.74, 6) is 1.06. The standard InChI is InChI=1S/C13H16F3N3/c1-9-2-5-11(6-3-9)18-19-12-7-4-10(8-17-12)13(14,15)16/h4,7-9H,2-3,5-6H2,1H3,(H,17,19). The molecule has 1 N–H and O–H groups in total. The average Bonchev–Trinajstić information content (AvgIpc) is 2.37. The van der Waals surface area contributed by atoms with Crippen molar-refractivity contribution in [3.8, 4) is 0 Å². The topological polar surface area (TPSA) is 37.3 Å². The Morgan fingerprint density at radius 3 is 2.47 bits per heavy atom. The summed E-state index contributed by atoms with van der Waals surface area (Å²) in [6.45, 7) is 2.21. The fourth-order valence-electron chi connectivity index (χ4n) is 1.97. The molecule has 0 saturated heterocycles. The Hall–Kier alpha value is -1.59. The summed E-state index contributed by atoms with van der Waals surface area (Å²) in [7, 11) is 0. The van der Waals surface area contributed by atoms with Gasteiger partial charge in [-0.2, -0.15) is 18.3 Å². The van der Waals surface area contributed by atoms with Gasteiger partial charge in [0.1, 0.15) is 5.82 Å². The SMILES string of the molecule is CC1CCC(=NNc2ccc(C(F)(F)F)cn2)CC1. The summed E-state index contributed by atoms with van der Waals surface area (Å²) in [4.78, 5) is 3.71. The Kier molecular flexibility index (Phi) is 4.07. The van der Waals surface area contributed by atoms with Gasteiger partial charge in [0.2, 0.25) is 0 Å². The fourth-order valence-corrected chi connectivity index (χ4v) is 1.97. The maximum absolute atomic E-state index is 12.3. The third kappa shape index (κ3) is 3.94. The lowest BCUT2D eigenvalue weighted by Gasteiger charge is -2.18. The molecule has 104 valence electrons. The molecule has 0 aromatic carbocycles. The lowest BCUT2D eigenvalue weighted by atomic mass is 9.90. The van der Waals surface area contributed by atoms with Crippen molar-refractivity contribution < 1.29 is 13.2 Å². The van der Waals surface area contributed by atoms with Gasteiger partial charge in [0, 0.05) is 11.9 Å². The van der Waals surface area contributed by atoms with Gasteiger partial charge in [-0.25, -0.2) is 4.98 Å². The monoisotopic (exact) mass is 271 g/mol. The van der Waals surface area contributed by atoms with Gasteiger partial charge in [0.25, 0.3) is 0 Å². The Bertz CT molecular complexity index is 441. The zero-order valence-corrected chi connectivity index (χ0v) is 10.7. The molecule has 6 heteroatoms. The van der Waals surface area contributed by atoms with Gasteiger partial charge in [-0.1, -0.05) is 6.92 Å². The van der Waals surface area contributed by atoms with Crippen LogP contribution in [0.5, 0.6) is 0 Å². The van der Waals surface area contributed by atoms with E-state index in [1.165, 1.54) is 6.07 Å². The van der Waals surface area contributed by atoms with E-state index in [1.54, 1.807) is 0 Å². The highest BCUT2D eigenvalue weighted by molar-refractivity contribution is 5.85. The zero-order chi connectivity index (χ0) is 13.9. The van der Waals surface area contributed by atoms with E-state index < -0.39 is 11.7 Å². The van der Waals surface area contributed by atoms with Crippen LogP contribution >= 0.6 is 0 Å². The van der Waals surface area contributed by atoms with Gasteiger partial charge < -0.3 is 0 Å². The smallest absolute Gasteiger partial charge is 0.261 e. The molecule has 3 nitrogen and oxygen atoms in total. The second-order valence-corrected chi connectivity index (χ2v) is 4.90. The van der Waals surface area contributed by atoms with Gasteiger partial charge in [-0.05, 0) is 43.7 Å². The highest BCUT2D eigenvalue weighted by Crippen LogP contribution is 2.29. The largest absolute Gasteiger partial charge is 0.417 e.